The number of benzene rings is 1. The highest BCUT2D eigenvalue weighted by atomic mass is 32.1. The minimum atomic E-state index is -1.23. The molecule has 3 atom stereocenters. The second-order valence-corrected chi connectivity index (χ2v) is 8.70. The minimum absolute atomic E-state index is 0.0267. The van der Waals surface area contributed by atoms with Gasteiger partial charge in [0.15, 0.2) is 0 Å². The van der Waals surface area contributed by atoms with E-state index < -0.39 is 60.7 Å². The summed E-state index contributed by atoms with van der Waals surface area (Å²) in [6, 6.07) is 7.20. The van der Waals surface area contributed by atoms with Gasteiger partial charge in [-0.1, -0.05) is 35.9 Å². The van der Waals surface area contributed by atoms with Gasteiger partial charge in [0.2, 0.25) is 23.6 Å². The van der Waals surface area contributed by atoms with Crippen LogP contribution in [0, 0.1) is 12.3 Å². The van der Waals surface area contributed by atoms with Gasteiger partial charge in [-0.25, -0.2) is 10.9 Å². The average Bonchev–Trinajstić information content (AvgIpc) is 2.92. The van der Waals surface area contributed by atoms with E-state index in [4.69, 9.17) is 10.5 Å². The van der Waals surface area contributed by atoms with Crippen molar-refractivity contribution in [3.05, 3.63) is 35.9 Å². The number of amides is 4. The maximum Gasteiger partial charge on any atom is 0.305 e. The van der Waals surface area contributed by atoms with Crippen LogP contribution in [-0.2, 0) is 24.0 Å². The maximum absolute atomic E-state index is 12.5. The molecule has 1 saturated heterocycles. The monoisotopic (exact) mass is 583 g/mol. The number of hydrogen-bond donors (Lipinski definition) is 11. The lowest BCUT2D eigenvalue weighted by atomic mass is 10.1. The number of carboxylic acids is 1. The highest BCUT2D eigenvalue weighted by Gasteiger charge is 2.27. The van der Waals surface area contributed by atoms with E-state index in [-0.39, 0.29) is 12.4 Å². The molecule has 2 rings (SSSR count). The molecule has 1 aromatic carbocycles. The molecule has 0 bridgehead atoms. The van der Waals surface area contributed by atoms with Crippen LogP contribution in [0.4, 0.5) is 0 Å². The number of carbonyl (C=O) groups excluding carboxylic acids is 4. The van der Waals surface area contributed by atoms with Gasteiger partial charge in [-0.05, 0) is 33.4 Å². The quantitative estimate of drug-likeness (QED) is 0.0702. The molecule has 0 saturated carbocycles. The van der Waals surface area contributed by atoms with E-state index in [0.717, 1.165) is 6.34 Å². The van der Waals surface area contributed by atoms with Crippen LogP contribution in [0.2, 0.25) is 0 Å². The molecular weight excluding hydrogens is 542 g/mol. The third-order valence-electron chi connectivity index (χ3n) is 5.07. The summed E-state index contributed by atoms with van der Waals surface area (Å²) in [5.41, 5.74) is 10.8. The zero-order chi connectivity index (χ0) is 30.3. The molecule has 0 aliphatic carbocycles. The summed E-state index contributed by atoms with van der Waals surface area (Å²) in [6.07, 6.45) is 1.15. The first kappa shape index (κ1) is 36.3. The van der Waals surface area contributed by atoms with Crippen LogP contribution in [0.5, 0.6) is 0 Å². The van der Waals surface area contributed by atoms with E-state index in [2.05, 4.69) is 74.9 Å². The van der Waals surface area contributed by atoms with Crippen molar-refractivity contribution in [1.82, 2.24) is 37.4 Å². The van der Waals surface area contributed by atoms with Crippen LogP contribution >= 0.6 is 12.6 Å². The third kappa shape index (κ3) is 17.0. The molecule has 0 aromatic heterocycles. The first-order chi connectivity index (χ1) is 19.1. The van der Waals surface area contributed by atoms with Gasteiger partial charge in [0.1, 0.15) is 18.1 Å². The normalized spacial score (nSPS) is 20.2. The molecule has 1 fully saturated rings. The van der Waals surface area contributed by atoms with Crippen molar-refractivity contribution < 1.29 is 29.1 Å². The zero-order valence-corrected chi connectivity index (χ0v) is 23.6. The van der Waals surface area contributed by atoms with Crippen molar-refractivity contribution in [2.24, 2.45) is 5.73 Å². The van der Waals surface area contributed by atoms with E-state index in [9.17, 15) is 24.0 Å². The van der Waals surface area contributed by atoms with E-state index in [1.54, 1.807) is 7.05 Å². The van der Waals surface area contributed by atoms with Gasteiger partial charge < -0.3 is 37.4 Å². The maximum atomic E-state index is 12.5. The molecule has 15 nitrogen and oxygen atoms in total. The lowest BCUT2D eigenvalue weighted by molar-refractivity contribution is -0.140. The van der Waals surface area contributed by atoms with Crippen LogP contribution < -0.4 is 43.2 Å². The number of hydrogen-bond acceptors (Lipinski definition) is 10. The van der Waals surface area contributed by atoms with E-state index in [1.807, 2.05) is 18.2 Å². The van der Waals surface area contributed by atoms with E-state index in [1.165, 1.54) is 5.56 Å². The molecule has 1 aliphatic rings. The Morgan fingerprint density at radius 2 is 1.70 bits per heavy atom. The molecule has 1 heterocycles. The van der Waals surface area contributed by atoms with E-state index in [0.29, 0.717) is 19.4 Å². The van der Waals surface area contributed by atoms with Crippen molar-refractivity contribution >= 4 is 48.6 Å². The fourth-order valence-electron chi connectivity index (χ4n) is 3.10. The van der Waals surface area contributed by atoms with Crippen molar-refractivity contribution in [3.8, 4) is 0 Å². The molecular formula is C24H41N9O6S. The number of aliphatic carboxylic acids is 1. The summed E-state index contributed by atoms with van der Waals surface area (Å²) in [5, 5.41) is 27.7. The standard InChI is InChI=1S/C16H29N7O6S.C7H8.CH4N2/c1-17-4-2-3-9-14(27)19-8-20-23-10(5-13(25)26)15(28)18-6-12(24)21-11(7-30)16(29)22-9;1-7-5-3-2-4-6-7;2-1-3/h9-11,17,20,23,30H,2-8H2,1H3,(H,18,28)(H,19,27)(H,21,24)(H,22,29)(H,25,26);2-6H,1H3;1H,(H3,2,3). The Morgan fingerprint density at radius 3 is 2.23 bits per heavy atom. The van der Waals surface area contributed by atoms with Crippen LogP contribution in [-0.4, -0.2) is 91.7 Å². The van der Waals surface area contributed by atoms with Crippen LogP contribution in [0.25, 0.3) is 0 Å². The number of aryl methyl sites for hydroxylation is 1. The highest BCUT2D eigenvalue weighted by Crippen LogP contribution is 2.00. The molecule has 40 heavy (non-hydrogen) atoms. The Hall–Kier alpha value is -3.73. The fourth-order valence-corrected chi connectivity index (χ4v) is 3.36. The smallest absolute Gasteiger partial charge is 0.305 e. The fraction of sp³-hybridized carbons (Fsp3) is 0.500. The summed E-state index contributed by atoms with van der Waals surface area (Å²) in [5.74, 6) is -3.72. The number of rotatable bonds is 7. The second kappa shape index (κ2) is 22.1. The first-order valence-electron chi connectivity index (χ1n) is 12.4. The predicted octanol–water partition coefficient (Wildman–Crippen LogP) is -2.43. The lowest BCUT2D eigenvalue weighted by Crippen LogP contribution is -2.56. The predicted molar refractivity (Wildman–Crippen MR) is 153 cm³/mol. The van der Waals surface area contributed by atoms with Gasteiger partial charge in [-0.3, -0.25) is 29.4 Å². The number of nitrogens with two attached hydrogens (primary N) is 1. The summed E-state index contributed by atoms with van der Waals surface area (Å²) in [4.78, 5) is 60.2. The first-order valence-corrected chi connectivity index (χ1v) is 13.1. The molecule has 11 N–H and O–H groups in total. The molecule has 3 unspecified atom stereocenters. The number of hydrazine groups is 1. The van der Waals surface area contributed by atoms with Crippen molar-refractivity contribution in [1.29, 1.82) is 5.41 Å². The van der Waals surface area contributed by atoms with Crippen molar-refractivity contribution in [2.45, 2.75) is 44.3 Å². The largest absolute Gasteiger partial charge is 0.481 e. The minimum Gasteiger partial charge on any atom is -0.481 e. The number of nitrogens with one attached hydrogen (secondary N) is 8. The average molecular weight is 584 g/mol. The number of thiol groups is 1. The van der Waals surface area contributed by atoms with Crippen LogP contribution in [0.3, 0.4) is 0 Å². The van der Waals surface area contributed by atoms with Crippen LogP contribution in [0.15, 0.2) is 30.3 Å². The lowest BCUT2D eigenvalue weighted by Gasteiger charge is -2.22. The topological polar surface area (TPSA) is 240 Å². The van der Waals surface area contributed by atoms with Crippen molar-refractivity contribution in [3.63, 3.8) is 0 Å². The molecule has 0 radical (unpaired) electrons. The molecule has 0 spiro atoms. The number of carbonyl (C=O) groups is 5. The Balaban J connectivity index is 0.00000127. The number of carboxylic acid groups (broad SMARTS) is 1. The molecule has 4 amide bonds. The summed E-state index contributed by atoms with van der Waals surface area (Å²) >= 11 is 4.06. The van der Waals surface area contributed by atoms with Gasteiger partial charge in [-0.2, -0.15) is 12.6 Å². The Morgan fingerprint density at radius 1 is 1.07 bits per heavy atom. The molecule has 16 heteroatoms. The van der Waals surface area contributed by atoms with Crippen LogP contribution in [0.1, 0.15) is 24.8 Å². The summed E-state index contributed by atoms with van der Waals surface area (Å²) in [7, 11) is 1.76. The van der Waals surface area contributed by atoms with Gasteiger partial charge in [-0.15, -0.1) is 0 Å². The highest BCUT2D eigenvalue weighted by molar-refractivity contribution is 7.80. The Labute approximate surface area is 239 Å². The molecule has 224 valence electrons. The second-order valence-electron chi connectivity index (χ2n) is 8.34. The SMILES string of the molecule is CNCCCC1NC(=O)C(CS)NC(=O)CNC(=O)C(CC(=O)O)NNCNC1=O.Cc1ccccc1.N=CN. The summed E-state index contributed by atoms with van der Waals surface area (Å²) < 4.78 is 0. The van der Waals surface area contributed by atoms with Gasteiger partial charge >= 0.3 is 5.97 Å². The Kier molecular flexibility index (Phi) is 20.1. The molecule has 1 aromatic rings. The van der Waals surface area contributed by atoms with Gasteiger partial charge in [0, 0.05) is 5.75 Å². The molecule has 1 aliphatic heterocycles. The van der Waals surface area contributed by atoms with Crippen molar-refractivity contribution in [2.75, 3.05) is 32.6 Å². The van der Waals surface area contributed by atoms with E-state index >= 15 is 0 Å². The summed E-state index contributed by atoms with van der Waals surface area (Å²) in [6.45, 7) is 2.13. The van der Waals surface area contributed by atoms with Gasteiger partial charge in [0.05, 0.1) is 26.0 Å². The third-order valence-corrected chi connectivity index (χ3v) is 5.44. The Bertz CT molecular complexity index is 939. The zero-order valence-electron chi connectivity index (χ0n) is 22.7. The van der Waals surface area contributed by atoms with Gasteiger partial charge in [0.25, 0.3) is 0 Å².